The molecule has 0 unspecified atom stereocenters. The Morgan fingerprint density at radius 3 is 2.31 bits per heavy atom. The van der Waals surface area contributed by atoms with Crippen LogP contribution in [0.4, 0.5) is 17.1 Å². The van der Waals surface area contributed by atoms with Crippen molar-refractivity contribution in [3.63, 3.8) is 0 Å². The molecule has 0 saturated heterocycles. The lowest BCUT2D eigenvalue weighted by atomic mass is 10.1. The van der Waals surface area contributed by atoms with E-state index >= 15 is 0 Å². The number of esters is 1. The average Bonchev–Trinajstić information content (AvgIpc) is 2.97. The van der Waals surface area contributed by atoms with Crippen LogP contribution in [0.25, 0.3) is 22.2 Å². The summed E-state index contributed by atoms with van der Waals surface area (Å²) in [6.07, 6.45) is 3.36. The summed E-state index contributed by atoms with van der Waals surface area (Å²) < 4.78 is 5.41. The first kappa shape index (κ1) is 25.6. The van der Waals surface area contributed by atoms with Gasteiger partial charge in [0.25, 0.3) is 5.91 Å². The van der Waals surface area contributed by atoms with Gasteiger partial charge in [0.15, 0.2) is 6.61 Å². The molecule has 2 heterocycles. The topological polar surface area (TPSA) is 84.4 Å². The molecule has 0 fully saturated rings. The minimum atomic E-state index is -0.598. The van der Waals surface area contributed by atoms with Gasteiger partial charge in [0, 0.05) is 46.4 Å². The molecule has 7 heteroatoms. The molecule has 5 aromatic rings. The Morgan fingerprint density at radius 1 is 0.872 bits per heavy atom. The van der Waals surface area contributed by atoms with Crippen molar-refractivity contribution in [2.24, 2.45) is 0 Å². The summed E-state index contributed by atoms with van der Waals surface area (Å²) in [5.74, 6) is -1.02. The summed E-state index contributed by atoms with van der Waals surface area (Å²) in [6.45, 7) is 3.84. The van der Waals surface area contributed by atoms with Crippen LogP contribution in [0.3, 0.4) is 0 Å². The number of para-hydroxylation sites is 2. The van der Waals surface area contributed by atoms with Gasteiger partial charge in [0.1, 0.15) is 0 Å². The van der Waals surface area contributed by atoms with Gasteiger partial charge < -0.3 is 15.0 Å². The number of aromatic nitrogens is 2. The highest BCUT2D eigenvalue weighted by atomic mass is 16.5. The highest BCUT2D eigenvalue weighted by Crippen LogP contribution is 2.29. The first-order valence-corrected chi connectivity index (χ1v) is 12.7. The fourth-order valence-electron chi connectivity index (χ4n) is 4.45. The van der Waals surface area contributed by atoms with Gasteiger partial charge in [-0.05, 0) is 74.5 Å². The van der Waals surface area contributed by atoms with Crippen molar-refractivity contribution in [3.05, 3.63) is 115 Å². The molecule has 0 atom stereocenters. The Hall–Kier alpha value is -5.04. The number of carbonyl (C=O) groups excluding carboxylic acids is 2. The lowest BCUT2D eigenvalue weighted by molar-refractivity contribution is -0.119. The largest absolute Gasteiger partial charge is 0.452 e. The molecule has 1 N–H and O–H groups in total. The van der Waals surface area contributed by atoms with Gasteiger partial charge in [0.05, 0.1) is 16.8 Å². The Labute approximate surface area is 227 Å². The summed E-state index contributed by atoms with van der Waals surface area (Å²) in [6, 6.07) is 30.7. The van der Waals surface area contributed by atoms with E-state index in [2.05, 4.69) is 46.2 Å². The quantitative estimate of drug-likeness (QED) is 0.233. The Balaban J connectivity index is 1.27. The molecule has 0 radical (unpaired) electrons. The fourth-order valence-corrected chi connectivity index (χ4v) is 4.45. The Bertz CT molecular complexity index is 1590. The number of fused-ring (bicyclic) bond motifs is 1. The van der Waals surface area contributed by atoms with Crippen LogP contribution in [-0.2, 0) is 9.53 Å². The lowest BCUT2D eigenvalue weighted by Crippen LogP contribution is -2.25. The van der Waals surface area contributed by atoms with Crippen LogP contribution in [0.2, 0.25) is 0 Å². The predicted octanol–water partition coefficient (Wildman–Crippen LogP) is 6.64. The number of pyridine rings is 2. The first-order valence-electron chi connectivity index (χ1n) is 12.7. The molecule has 39 heavy (non-hydrogen) atoms. The molecule has 194 valence electrons. The van der Waals surface area contributed by atoms with Gasteiger partial charge in [-0.25, -0.2) is 9.78 Å². The van der Waals surface area contributed by atoms with Crippen LogP contribution in [0.1, 0.15) is 24.2 Å². The SMILES string of the molecule is CC(C)N(c1ccccc1)c1ccc(NC(=O)COC(=O)c2cc(-c3cccnc3)nc3ccccc23)cc1. The second-order valence-corrected chi connectivity index (χ2v) is 9.28. The molecule has 3 aromatic carbocycles. The third-order valence-electron chi connectivity index (χ3n) is 6.21. The van der Waals surface area contributed by atoms with Crippen LogP contribution >= 0.6 is 0 Å². The summed E-state index contributed by atoms with van der Waals surface area (Å²) in [5, 5.41) is 3.46. The van der Waals surface area contributed by atoms with Crippen LogP contribution in [0, 0.1) is 0 Å². The molecule has 0 aliphatic heterocycles. The smallest absolute Gasteiger partial charge is 0.339 e. The van der Waals surface area contributed by atoms with Crippen LogP contribution < -0.4 is 10.2 Å². The number of anilines is 3. The Morgan fingerprint density at radius 2 is 1.59 bits per heavy atom. The van der Waals surface area contributed by atoms with Crippen molar-refractivity contribution in [2.75, 3.05) is 16.8 Å². The maximum absolute atomic E-state index is 13.1. The van der Waals surface area contributed by atoms with E-state index in [0.29, 0.717) is 27.8 Å². The number of nitrogens with zero attached hydrogens (tertiary/aromatic N) is 3. The van der Waals surface area contributed by atoms with Gasteiger partial charge >= 0.3 is 5.97 Å². The van der Waals surface area contributed by atoms with Gasteiger partial charge in [0.2, 0.25) is 0 Å². The molecule has 2 aromatic heterocycles. The maximum atomic E-state index is 13.1. The van der Waals surface area contributed by atoms with Gasteiger partial charge in [-0.3, -0.25) is 9.78 Å². The molecule has 5 rings (SSSR count). The predicted molar refractivity (Wildman–Crippen MR) is 154 cm³/mol. The van der Waals surface area contributed by atoms with E-state index in [4.69, 9.17) is 4.74 Å². The number of amides is 1. The highest BCUT2D eigenvalue weighted by Gasteiger charge is 2.17. The summed E-state index contributed by atoms with van der Waals surface area (Å²) in [5.41, 5.74) is 5.09. The number of nitrogens with one attached hydrogen (secondary N) is 1. The third kappa shape index (κ3) is 5.93. The molecule has 0 aliphatic rings. The van der Waals surface area contributed by atoms with Gasteiger partial charge in [-0.15, -0.1) is 0 Å². The second kappa shape index (κ2) is 11.6. The molecule has 7 nitrogen and oxygen atoms in total. The van der Waals surface area contributed by atoms with Gasteiger partial charge in [-0.1, -0.05) is 36.4 Å². The zero-order valence-electron chi connectivity index (χ0n) is 21.7. The van der Waals surface area contributed by atoms with E-state index in [1.165, 1.54) is 0 Å². The molecule has 0 bridgehead atoms. The number of carbonyl (C=O) groups is 2. The molecule has 0 saturated carbocycles. The summed E-state index contributed by atoms with van der Waals surface area (Å²) in [7, 11) is 0. The minimum absolute atomic E-state index is 0.246. The maximum Gasteiger partial charge on any atom is 0.339 e. The fraction of sp³-hybridized carbons (Fsp3) is 0.125. The monoisotopic (exact) mass is 516 g/mol. The van der Waals surface area contributed by atoms with E-state index in [9.17, 15) is 9.59 Å². The zero-order chi connectivity index (χ0) is 27.2. The normalized spacial score (nSPS) is 10.8. The molecular weight excluding hydrogens is 488 g/mol. The second-order valence-electron chi connectivity index (χ2n) is 9.28. The number of benzene rings is 3. The van der Waals surface area contributed by atoms with E-state index < -0.39 is 18.5 Å². The highest BCUT2D eigenvalue weighted by molar-refractivity contribution is 6.05. The average molecular weight is 517 g/mol. The lowest BCUT2D eigenvalue weighted by Gasteiger charge is -2.29. The number of hydrogen-bond acceptors (Lipinski definition) is 6. The van der Waals surface area contributed by atoms with Crippen molar-refractivity contribution >= 4 is 39.8 Å². The van der Waals surface area contributed by atoms with E-state index in [-0.39, 0.29) is 6.04 Å². The van der Waals surface area contributed by atoms with E-state index in [0.717, 1.165) is 16.9 Å². The summed E-state index contributed by atoms with van der Waals surface area (Å²) in [4.78, 5) is 36.7. The molecule has 0 spiro atoms. The van der Waals surface area contributed by atoms with Crippen LogP contribution in [0.15, 0.2) is 109 Å². The van der Waals surface area contributed by atoms with Crippen molar-refractivity contribution in [1.29, 1.82) is 0 Å². The zero-order valence-corrected chi connectivity index (χ0v) is 21.7. The minimum Gasteiger partial charge on any atom is -0.452 e. The van der Waals surface area contributed by atoms with Crippen LogP contribution in [0.5, 0.6) is 0 Å². The van der Waals surface area contributed by atoms with Crippen molar-refractivity contribution < 1.29 is 14.3 Å². The molecular formula is C32H28N4O3. The first-order chi connectivity index (χ1) is 19.0. The van der Waals surface area contributed by atoms with E-state index in [1.807, 2.05) is 78.9 Å². The van der Waals surface area contributed by atoms with E-state index in [1.54, 1.807) is 18.5 Å². The number of ether oxygens (including phenoxy) is 1. The molecule has 0 aliphatic carbocycles. The standard InChI is InChI=1S/C32H28N4O3/c1-22(2)36(25-10-4-3-5-11-25)26-16-14-24(15-17-26)34-31(37)21-39-32(38)28-19-30(23-9-8-18-33-20-23)35-29-13-7-6-12-27(28)29/h3-20,22H,21H2,1-2H3,(H,34,37). The van der Waals surface area contributed by atoms with Crippen molar-refractivity contribution in [1.82, 2.24) is 9.97 Å². The molecule has 1 amide bonds. The Kier molecular flexibility index (Phi) is 7.59. The van der Waals surface area contributed by atoms with Crippen molar-refractivity contribution in [2.45, 2.75) is 19.9 Å². The summed E-state index contributed by atoms with van der Waals surface area (Å²) >= 11 is 0. The van der Waals surface area contributed by atoms with Crippen LogP contribution in [-0.4, -0.2) is 34.5 Å². The van der Waals surface area contributed by atoms with Crippen molar-refractivity contribution in [3.8, 4) is 11.3 Å². The third-order valence-corrected chi connectivity index (χ3v) is 6.21. The number of hydrogen-bond donors (Lipinski definition) is 1. The van der Waals surface area contributed by atoms with Gasteiger partial charge in [-0.2, -0.15) is 0 Å². The number of rotatable bonds is 8.